The first-order valence-corrected chi connectivity index (χ1v) is 7.39. The van der Waals surface area contributed by atoms with Crippen molar-refractivity contribution in [3.05, 3.63) is 30.1 Å². The Kier molecular flexibility index (Phi) is 4.82. The molecule has 0 unspecified atom stereocenters. The summed E-state index contributed by atoms with van der Waals surface area (Å²) in [5.41, 5.74) is -0.0612. The summed E-state index contributed by atoms with van der Waals surface area (Å²) in [6.07, 6.45) is 2.32. The van der Waals surface area contributed by atoms with Crippen LogP contribution in [-0.2, 0) is 4.79 Å². The van der Waals surface area contributed by atoms with Gasteiger partial charge in [-0.05, 0) is 25.0 Å². The van der Waals surface area contributed by atoms with Crippen molar-refractivity contribution in [3.8, 4) is 0 Å². The predicted molar refractivity (Wildman–Crippen MR) is 73.5 cm³/mol. The van der Waals surface area contributed by atoms with Crippen molar-refractivity contribution in [1.29, 1.82) is 0 Å². The summed E-state index contributed by atoms with van der Waals surface area (Å²) >= 11 is 1.34. The zero-order valence-corrected chi connectivity index (χ0v) is 11.5. The van der Waals surface area contributed by atoms with Crippen LogP contribution in [0.3, 0.4) is 0 Å². The highest BCUT2D eigenvalue weighted by atomic mass is 32.2. The van der Waals surface area contributed by atoms with E-state index in [2.05, 4.69) is 5.32 Å². The molecule has 1 amide bonds. The molecular weight excluding hydrogens is 265 g/mol. The Labute approximate surface area is 116 Å². The Morgan fingerprint density at radius 1 is 1.42 bits per heavy atom. The molecule has 1 aromatic rings. The first-order chi connectivity index (χ1) is 9.15. The zero-order valence-electron chi connectivity index (χ0n) is 10.7. The standard InChI is InChI=1S/C14H18FNO2S/c15-11-3-1-2-4-12(11)19-8-5-13(18)16-9-14(10-17)6-7-14/h1-4,17H,5-10H2,(H,16,18). The average Bonchev–Trinajstić information content (AvgIpc) is 3.19. The maximum atomic E-state index is 13.3. The Morgan fingerprint density at radius 3 is 2.79 bits per heavy atom. The number of amides is 1. The molecule has 0 bridgehead atoms. The van der Waals surface area contributed by atoms with Gasteiger partial charge in [0, 0.05) is 29.0 Å². The number of rotatable bonds is 7. The van der Waals surface area contributed by atoms with Gasteiger partial charge in [0.1, 0.15) is 5.82 Å². The SMILES string of the molecule is O=C(CCSc1ccccc1F)NCC1(CO)CC1. The largest absolute Gasteiger partial charge is 0.396 e. The molecule has 0 aliphatic heterocycles. The number of hydrogen-bond acceptors (Lipinski definition) is 3. The van der Waals surface area contributed by atoms with Crippen LogP contribution in [0.1, 0.15) is 19.3 Å². The van der Waals surface area contributed by atoms with Crippen LogP contribution in [0.2, 0.25) is 0 Å². The Morgan fingerprint density at radius 2 is 2.16 bits per heavy atom. The highest BCUT2D eigenvalue weighted by molar-refractivity contribution is 7.99. The molecule has 0 saturated heterocycles. The van der Waals surface area contributed by atoms with Crippen molar-refractivity contribution in [2.24, 2.45) is 5.41 Å². The van der Waals surface area contributed by atoms with E-state index in [0.29, 0.717) is 23.6 Å². The number of aliphatic hydroxyl groups excluding tert-OH is 1. The third-order valence-electron chi connectivity index (χ3n) is 3.38. The van der Waals surface area contributed by atoms with Crippen LogP contribution in [0.15, 0.2) is 29.2 Å². The maximum Gasteiger partial charge on any atom is 0.220 e. The van der Waals surface area contributed by atoms with Crippen LogP contribution >= 0.6 is 11.8 Å². The molecule has 0 spiro atoms. The normalized spacial score (nSPS) is 16.1. The van der Waals surface area contributed by atoms with E-state index in [1.54, 1.807) is 18.2 Å². The molecule has 0 atom stereocenters. The highest BCUT2D eigenvalue weighted by Gasteiger charge is 2.41. The number of halogens is 1. The summed E-state index contributed by atoms with van der Waals surface area (Å²) in [5.74, 6) is 0.271. The van der Waals surface area contributed by atoms with Gasteiger partial charge in [-0.2, -0.15) is 0 Å². The minimum atomic E-state index is -0.245. The average molecular weight is 283 g/mol. The molecule has 19 heavy (non-hydrogen) atoms. The molecule has 2 rings (SSSR count). The van der Waals surface area contributed by atoms with Gasteiger partial charge in [-0.15, -0.1) is 11.8 Å². The van der Waals surface area contributed by atoms with Crippen molar-refractivity contribution < 1.29 is 14.3 Å². The number of carbonyl (C=O) groups is 1. The number of aliphatic hydroxyl groups is 1. The second-order valence-corrected chi connectivity index (χ2v) is 6.10. The Hall–Kier alpha value is -1.07. The predicted octanol–water partition coefficient (Wildman–Crippen LogP) is 2.20. The van der Waals surface area contributed by atoms with Crippen molar-refractivity contribution in [2.75, 3.05) is 18.9 Å². The molecule has 1 fully saturated rings. The number of benzene rings is 1. The van der Waals surface area contributed by atoms with Crippen LogP contribution < -0.4 is 5.32 Å². The minimum Gasteiger partial charge on any atom is -0.396 e. The molecule has 1 aliphatic carbocycles. The first-order valence-electron chi connectivity index (χ1n) is 6.40. The van der Waals surface area contributed by atoms with E-state index >= 15 is 0 Å². The van der Waals surface area contributed by atoms with Gasteiger partial charge in [0.25, 0.3) is 0 Å². The number of carbonyl (C=O) groups excluding carboxylic acids is 1. The van der Waals surface area contributed by atoms with Gasteiger partial charge in [-0.25, -0.2) is 4.39 Å². The summed E-state index contributed by atoms with van der Waals surface area (Å²) in [6.45, 7) is 0.684. The number of nitrogens with one attached hydrogen (secondary N) is 1. The fourth-order valence-corrected chi connectivity index (χ4v) is 2.65. The molecule has 5 heteroatoms. The van der Waals surface area contributed by atoms with E-state index in [1.807, 2.05) is 0 Å². The Bertz CT molecular complexity index is 449. The van der Waals surface area contributed by atoms with E-state index in [4.69, 9.17) is 5.11 Å². The molecule has 1 aliphatic rings. The molecule has 1 saturated carbocycles. The highest BCUT2D eigenvalue weighted by Crippen LogP contribution is 2.44. The van der Waals surface area contributed by atoms with Gasteiger partial charge in [0.15, 0.2) is 0 Å². The molecule has 2 N–H and O–H groups in total. The van der Waals surface area contributed by atoms with Gasteiger partial charge >= 0.3 is 0 Å². The van der Waals surface area contributed by atoms with Gasteiger partial charge in [-0.1, -0.05) is 12.1 Å². The maximum absolute atomic E-state index is 13.3. The van der Waals surface area contributed by atoms with E-state index in [9.17, 15) is 9.18 Å². The lowest BCUT2D eigenvalue weighted by Gasteiger charge is -2.12. The lowest BCUT2D eigenvalue weighted by atomic mass is 10.1. The van der Waals surface area contributed by atoms with Gasteiger partial charge in [0.2, 0.25) is 5.91 Å². The second kappa shape index (κ2) is 6.39. The van der Waals surface area contributed by atoms with Gasteiger partial charge < -0.3 is 10.4 Å². The molecule has 104 valence electrons. The molecule has 0 aromatic heterocycles. The van der Waals surface area contributed by atoms with Crippen LogP contribution in [0.25, 0.3) is 0 Å². The summed E-state index contributed by atoms with van der Waals surface area (Å²) in [7, 11) is 0. The zero-order chi connectivity index (χ0) is 13.7. The lowest BCUT2D eigenvalue weighted by molar-refractivity contribution is -0.121. The van der Waals surface area contributed by atoms with E-state index in [0.717, 1.165) is 12.8 Å². The van der Waals surface area contributed by atoms with Crippen molar-refractivity contribution in [2.45, 2.75) is 24.2 Å². The number of thioether (sulfide) groups is 1. The summed E-state index contributed by atoms with van der Waals surface area (Å²) in [5, 5.41) is 12.0. The quantitative estimate of drug-likeness (QED) is 0.754. The fourth-order valence-electron chi connectivity index (χ4n) is 1.76. The fraction of sp³-hybridized carbons (Fsp3) is 0.500. The van der Waals surface area contributed by atoms with E-state index in [-0.39, 0.29) is 23.7 Å². The van der Waals surface area contributed by atoms with Crippen LogP contribution in [0, 0.1) is 11.2 Å². The summed E-state index contributed by atoms with van der Waals surface area (Å²) < 4.78 is 13.3. The van der Waals surface area contributed by atoms with Gasteiger partial charge in [0.05, 0.1) is 6.61 Å². The third kappa shape index (κ3) is 4.21. The smallest absolute Gasteiger partial charge is 0.220 e. The second-order valence-electron chi connectivity index (χ2n) is 4.96. The topological polar surface area (TPSA) is 49.3 Å². The Balaban J connectivity index is 1.65. The minimum absolute atomic E-state index is 0.0384. The lowest BCUT2D eigenvalue weighted by Crippen LogP contribution is -2.31. The van der Waals surface area contributed by atoms with Crippen molar-refractivity contribution >= 4 is 17.7 Å². The summed E-state index contributed by atoms with van der Waals surface area (Å²) in [4.78, 5) is 12.2. The molecule has 0 heterocycles. The number of hydrogen-bond donors (Lipinski definition) is 2. The third-order valence-corrected chi connectivity index (χ3v) is 4.43. The van der Waals surface area contributed by atoms with Crippen LogP contribution in [0.5, 0.6) is 0 Å². The molecule has 3 nitrogen and oxygen atoms in total. The van der Waals surface area contributed by atoms with Crippen LogP contribution in [-0.4, -0.2) is 29.9 Å². The van der Waals surface area contributed by atoms with Crippen LogP contribution in [0.4, 0.5) is 4.39 Å². The van der Waals surface area contributed by atoms with Crippen molar-refractivity contribution in [1.82, 2.24) is 5.32 Å². The first kappa shape index (κ1) is 14.3. The van der Waals surface area contributed by atoms with Gasteiger partial charge in [-0.3, -0.25) is 4.79 Å². The molecular formula is C14H18FNO2S. The van der Waals surface area contributed by atoms with E-state index < -0.39 is 0 Å². The molecule has 0 radical (unpaired) electrons. The van der Waals surface area contributed by atoms with Crippen molar-refractivity contribution in [3.63, 3.8) is 0 Å². The summed E-state index contributed by atoms with van der Waals surface area (Å²) in [6, 6.07) is 6.56. The monoisotopic (exact) mass is 283 g/mol. The molecule has 1 aromatic carbocycles. The van der Waals surface area contributed by atoms with E-state index in [1.165, 1.54) is 17.8 Å².